The summed E-state index contributed by atoms with van der Waals surface area (Å²) in [6.07, 6.45) is 3.54. The highest BCUT2D eigenvalue weighted by Gasteiger charge is 2.57. The molecule has 2 bridgehead atoms. The van der Waals surface area contributed by atoms with Crippen LogP contribution < -0.4 is 10.6 Å². The zero-order valence-corrected chi connectivity index (χ0v) is 12.6. The third-order valence-corrected chi connectivity index (χ3v) is 4.66. The van der Waals surface area contributed by atoms with Gasteiger partial charge in [0.2, 0.25) is 0 Å². The lowest BCUT2D eigenvalue weighted by Gasteiger charge is -2.61. The predicted octanol–water partition coefficient (Wildman–Crippen LogP) is 3.34. The Labute approximate surface area is 121 Å². The highest BCUT2D eigenvalue weighted by molar-refractivity contribution is 5.75. The largest absolute Gasteiger partial charge is 0.334 e. The fourth-order valence-electron chi connectivity index (χ4n) is 3.25. The lowest BCUT2D eigenvalue weighted by molar-refractivity contribution is -0.0402. The molecule has 0 heterocycles. The Balaban J connectivity index is 1.54. The zero-order chi connectivity index (χ0) is 14.4. The van der Waals surface area contributed by atoms with E-state index in [1.807, 2.05) is 0 Å². The van der Waals surface area contributed by atoms with E-state index in [2.05, 4.69) is 55.7 Å². The van der Waals surface area contributed by atoms with Crippen molar-refractivity contribution >= 4 is 6.03 Å². The Hall–Kier alpha value is -1.51. The van der Waals surface area contributed by atoms with Gasteiger partial charge in [-0.25, -0.2) is 4.79 Å². The van der Waals surface area contributed by atoms with E-state index in [0.29, 0.717) is 6.54 Å². The monoisotopic (exact) mass is 272 g/mol. The van der Waals surface area contributed by atoms with Crippen molar-refractivity contribution in [2.24, 2.45) is 5.92 Å². The number of amides is 2. The second kappa shape index (κ2) is 4.51. The van der Waals surface area contributed by atoms with Crippen LogP contribution in [0.3, 0.4) is 0 Å². The van der Waals surface area contributed by atoms with Gasteiger partial charge in [0.15, 0.2) is 0 Å². The molecule has 3 nitrogen and oxygen atoms in total. The predicted molar refractivity (Wildman–Crippen MR) is 80.6 cm³/mol. The molecule has 0 unspecified atom stereocenters. The maximum Gasteiger partial charge on any atom is 0.315 e. The van der Waals surface area contributed by atoms with Crippen LogP contribution in [0.15, 0.2) is 24.3 Å². The van der Waals surface area contributed by atoms with Gasteiger partial charge in [0.25, 0.3) is 0 Å². The van der Waals surface area contributed by atoms with Crippen LogP contribution in [0.5, 0.6) is 0 Å². The van der Waals surface area contributed by atoms with Crippen LogP contribution in [-0.2, 0) is 12.0 Å². The molecule has 0 atom stereocenters. The molecule has 0 spiro atoms. The summed E-state index contributed by atoms with van der Waals surface area (Å²) >= 11 is 0. The second-order valence-corrected chi connectivity index (χ2v) is 7.52. The molecule has 3 fully saturated rings. The van der Waals surface area contributed by atoms with Crippen molar-refractivity contribution in [2.45, 2.75) is 57.5 Å². The Kier molecular flexibility index (Phi) is 3.03. The van der Waals surface area contributed by atoms with Crippen molar-refractivity contribution in [3.63, 3.8) is 0 Å². The van der Waals surface area contributed by atoms with Crippen LogP contribution in [0, 0.1) is 5.92 Å². The normalized spacial score (nSPS) is 27.2. The molecular weight excluding hydrogens is 248 g/mol. The maximum atomic E-state index is 11.9. The van der Waals surface area contributed by atoms with Gasteiger partial charge in [-0.3, -0.25) is 0 Å². The molecule has 0 radical (unpaired) electrons. The third kappa shape index (κ3) is 2.54. The van der Waals surface area contributed by atoms with Crippen LogP contribution in [0.4, 0.5) is 4.79 Å². The average molecular weight is 272 g/mol. The SMILES string of the molecule is CC(C)(C)c1cccc(CNC(=O)NC23CC(C2)C3)c1. The number of nitrogens with one attached hydrogen (secondary N) is 2. The van der Waals surface area contributed by atoms with E-state index in [-0.39, 0.29) is 17.0 Å². The second-order valence-electron chi connectivity index (χ2n) is 7.52. The van der Waals surface area contributed by atoms with E-state index in [9.17, 15) is 4.79 Å². The van der Waals surface area contributed by atoms with E-state index in [4.69, 9.17) is 0 Å². The van der Waals surface area contributed by atoms with Gasteiger partial charge in [0.05, 0.1) is 0 Å². The van der Waals surface area contributed by atoms with Gasteiger partial charge in [-0.2, -0.15) is 0 Å². The van der Waals surface area contributed by atoms with E-state index in [0.717, 1.165) is 11.5 Å². The van der Waals surface area contributed by atoms with Gasteiger partial charge in [-0.05, 0) is 41.7 Å². The van der Waals surface area contributed by atoms with Crippen LogP contribution in [0.25, 0.3) is 0 Å². The van der Waals surface area contributed by atoms with Crippen LogP contribution in [-0.4, -0.2) is 11.6 Å². The number of hydrogen-bond donors (Lipinski definition) is 2. The first-order valence-electron chi connectivity index (χ1n) is 7.52. The molecule has 0 aromatic heterocycles. The smallest absolute Gasteiger partial charge is 0.315 e. The molecular formula is C17H24N2O. The van der Waals surface area contributed by atoms with Gasteiger partial charge in [0.1, 0.15) is 0 Å². The first-order chi connectivity index (χ1) is 9.36. The molecule has 1 aromatic carbocycles. The van der Waals surface area contributed by atoms with Crippen molar-refractivity contribution in [3.8, 4) is 0 Å². The number of benzene rings is 1. The Morgan fingerprint density at radius 3 is 2.55 bits per heavy atom. The molecule has 3 aliphatic rings. The van der Waals surface area contributed by atoms with Crippen LogP contribution in [0.2, 0.25) is 0 Å². The highest BCUT2D eigenvalue weighted by atomic mass is 16.2. The van der Waals surface area contributed by atoms with E-state index in [1.54, 1.807) is 0 Å². The third-order valence-electron chi connectivity index (χ3n) is 4.66. The number of carbonyl (C=O) groups is 1. The summed E-state index contributed by atoms with van der Waals surface area (Å²) in [5.41, 5.74) is 2.76. The molecule has 0 saturated heterocycles. The topological polar surface area (TPSA) is 41.1 Å². The Morgan fingerprint density at radius 1 is 1.30 bits per heavy atom. The quantitative estimate of drug-likeness (QED) is 0.870. The summed E-state index contributed by atoms with van der Waals surface area (Å²) in [6, 6.07) is 8.43. The molecule has 1 aromatic rings. The summed E-state index contributed by atoms with van der Waals surface area (Å²) in [4.78, 5) is 11.9. The molecule has 3 heteroatoms. The van der Waals surface area contributed by atoms with Crippen molar-refractivity contribution in [3.05, 3.63) is 35.4 Å². The standard InChI is InChI=1S/C17H24N2O/c1-16(2,3)14-6-4-5-12(7-14)11-18-15(20)19-17-8-13(9-17)10-17/h4-7,13H,8-11H2,1-3H3,(H2,18,19,20). The summed E-state index contributed by atoms with van der Waals surface area (Å²) in [5.74, 6) is 0.888. The lowest BCUT2D eigenvalue weighted by Crippen LogP contribution is -2.69. The first-order valence-corrected chi connectivity index (χ1v) is 7.52. The number of urea groups is 1. The zero-order valence-electron chi connectivity index (χ0n) is 12.6. The summed E-state index contributed by atoms with van der Waals surface area (Å²) in [6.45, 7) is 7.20. The minimum absolute atomic E-state index is 0.0238. The molecule has 3 aliphatic carbocycles. The van der Waals surface area contributed by atoms with E-state index < -0.39 is 0 Å². The van der Waals surface area contributed by atoms with Crippen LogP contribution >= 0.6 is 0 Å². The van der Waals surface area contributed by atoms with Crippen molar-refractivity contribution in [2.75, 3.05) is 0 Å². The maximum absolute atomic E-state index is 11.9. The van der Waals surface area contributed by atoms with Crippen molar-refractivity contribution in [1.82, 2.24) is 10.6 Å². The summed E-state index contributed by atoms with van der Waals surface area (Å²) in [7, 11) is 0. The number of carbonyl (C=O) groups excluding carboxylic acids is 1. The Morgan fingerprint density at radius 2 is 2.00 bits per heavy atom. The highest BCUT2D eigenvalue weighted by Crippen LogP contribution is 2.56. The molecule has 108 valence electrons. The Bertz CT molecular complexity index is 513. The lowest BCUT2D eigenvalue weighted by atomic mass is 9.50. The van der Waals surface area contributed by atoms with Gasteiger partial charge in [0, 0.05) is 12.1 Å². The van der Waals surface area contributed by atoms with Crippen molar-refractivity contribution < 1.29 is 4.79 Å². The average Bonchev–Trinajstić information content (AvgIpc) is 2.29. The first kappa shape index (κ1) is 13.5. The molecule has 2 amide bonds. The molecule has 3 saturated carbocycles. The van der Waals surface area contributed by atoms with E-state index >= 15 is 0 Å². The summed E-state index contributed by atoms with van der Waals surface area (Å²) < 4.78 is 0. The summed E-state index contributed by atoms with van der Waals surface area (Å²) in [5, 5.41) is 6.10. The number of hydrogen-bond acceptors (Lipinski definition) is 1. The molecule has 20 heavy (non-hydrogen) atoms. The molecule has 0 aliphatic heterocycles. The number of rotatable bonds is 3. The minimum Gasteiger partial charge on any atom is -0.334 e. The van der Waals surface area contributed by atoms with Gasteiger partial charge in [-0.15, -0.1) is 0 Å². The van der Waals surface area contributed by atoms with Gasteiger partial charge >= 0.3 is 6.03 Å². The van der Waals surface area contributed by atoms with Gasteiger partial charge in [-0.1, -0.05) is 45.0 Å². The molecule has 4 rings (SSSR count). The molecule has 2 N–H and O–H groups in total. The minimum atomic E-state index is -0.0238. The van der Waals surface area contributed by atoms with E-state index in [1.165, 1.54) is 24.8 Å². The fourth-order valence-corrected chi connectivity index (χ4v) is 3.25. The van der Waals surface area contributed by atoms with Gasteiger partial charge < -0.3 is 10.6 Å². The fraction of sp³-hybridized carbons (Fsp3) is 0.588. The van der Waals surface area contributed by atoms with Crippen molar-refractivity contribution in [1.29, 1.82) is 0 Å². The van der Waals surface area contributed by atoms with Crippen LogP contribution in [0.1, 0.15) is 51.2 Å².